The maximum absolute atomic E-state index is 14.2. The van der Waals surface area contributed by atoms with Crippen molar-refractivity contribution in [3.8, 4) is 11.1 Å². The first-order valence-electron chi connectivity index (χ1n) is 40.6. The summed E-state index contributed by atoms with van der Waals surface area (Å²) in [6.07, 6.45) is -13.0. The summed E-state index contributed by atoms with van der Waals surface area (Å²) < 4.78 is 15.4. The maximum Gasteiger partial charge on any atom is 0.326 e. The predicted octanol–water partition coefficient (Wildman–Crippen LogP) is 6.00. The van der Waals surface area contributed by atoms with Crippen molar-refractivity contribution in [3.63, 3.8) is 0 Å². The van der Waals surface area contributed by atoms with Gasteiger partial charge in [-0.05, 0) is 131 Å². The van der Waals surface area contributed by atoms with Crippen LogP contribution in [0.2, 0.25) is 0 Å². The molecule has 0 spiro atoms. The summed E-state index contributed by atoms with van der Waals surface area (Å²) in [7, 11) is 0. The number of carbonyl (C=O) groups excluding carboxylic acids is 12. The molecule has 0 saturated heterocycles. The molecule has 0 aliphatic rings. The van der Waals surface area contributed by atoms with Crippen LogP contribution >= 0.6 is 135 Å². The number of carboxylic acids is 10. The normalized spacial score (nSPS) is 12.5. The highest BCUT2D eigenvalue weighted by Gasteiger charge is 2.34. The lowest BCUT2D eigenvalue weighted by Gasteiger charge is -2.18. The van der Waals surface area contributed by atoms with Gasteiger partial charge >= 0.3 is 65.7 Å². The van der Waals surface area contributed by atoms with Crippen LogP contribution in [-0.2, 0) is 95.9 Å². The number of aromatic nitrogens is 2. The van der Waals surface area contributed by atoms with Crippen molar-refractivity contribution in [2.75, 3.05) is 22.9 Å². The Morgan fingerprint density at radius 1 is 0.372 bits per heavy atom. The fourth-order valence-electron chi connectivity index (χ4n) is 13.3. The summed E-state index contributed by atoms with van der Waals surface area (Å²) in [6, 6.07) is 7.85. The monoisotopic (exact) mass is 2130 g/mol. The lowest BCUT2D eigenvalue weighted by Crippen LogP contribution is -2.41. The van der Waals surface area contributed by atoms with Crippen LogP contribution < -0.4 is 48.7 Å². The van der Waals surface area contributed by atoms with E-state index in [2.05, 4.69) is 42.3 Å². The number of hydrogen-bond acceptors (Lipinski definition) is 25. The van der Waals surface area contributed by atoms with Crippen molar-refractivity contribution in [1.82, 2.24) is 36.4 Å². The number of benzene rings is 3. The minimum absolute atomic E-state index is 0. The Bertz CT molecular complexity index is 4750. The second-order valence-electron chi connectivity index (χ2n) is 30.7. The van der Waals surface area contributed by atoms with Crippen molar-refractivity contribution in [1.29, 1.82) is 0 Å². The standard InChI is InChI=1S/C83H106FN11O32.10H2S/c1-43-9-25-58(84)63(36-43)93-83(127)88-51-18-10-44(11-19-51)57-6-5-7-64-72(57)73(86)94-95(64)70(106)8-3-2-4-35-87-69(105)42-50(85)17-20-52(96)37-45(74(109)110)12-30-65(101)89-59(79(119)120)26-21-53(97)38-46(75(111)112)13-31-66(102)90-60(80(121)122)27-22-54(98)39-47(76(113)114)14-32-67(103)91-61(81(123)124)28-23-55(99)40-48(77(115)116)15-33-68(104)92-62(82(125)126)29-24-56(100)41-49(78(117)118)16-34-71(107)108;;;;;;;;;;/h5-7,9-11,18-19,25,36,45-50,59-62H,2-4,8,12-17,20-24,26-35,37-42,85H2,1H3,(H2,86,94)(H,87,105)(H,89,101)(H,90,102)(H,91,103)(H,92,104)(H,107,108)(H,109,110)(H,111,112)(H,113,114)(H,115,116)(H,117,118)(H,119,120)(H,121,122)(H,123,124)(H,125,126)(H2,88,93,127);10*1H2/t45-,46-,47-,48-,49-,50-,59+,60+,61+,62+;;;;;;;;;;/m1........../s1. The number of halogens is 1. The van der Waals surface area contributed by atoms with Gasteiger partial charge in [-0.25, -0.2) is 28.4 Å². The molecule has 4 rings (SSSR count). The highest BCUT2D eigenvalue weighted by atomic mass is 32.1. The SMILES string of the molecule is Cc1ccc(F)c(NC(=O)Nc2ccc(-c3cccc4c3c(N)nn4C(=O)CCCCCNC(=O)C[C@H](N)CCC(=O)C[C@@H](CCC(=O)N[C@@H](CCC(=O)C[C@@H](CCC(=O)N[C@@H](CCC(=O)C[C@@H](CCC(=O)N[C@@H](CCC(=O)C[C@@H](CCC(=O)N[C@@H](CCC(=O)C[C@@H](CCC(=O)O)C(=O)O)C(=O)O)C(=O)O)C(=O)O)C(=O)O)C(=O)O)C(=O)O)C(=O)O)C(=O)O)cc2)c1.S.S.S.S.S.S.S.S.S.S. The van der Waals surface area contributed by atoms with Gasteiger partial charge in [0, 0.05) is 127 Å². The first kappa shape index (κ1) is 140. The first-order chi connectivity index (χ1) is 59.8. The van der Waals surface area contributed by atoms with Gasteiger partial charge in [0.05, 0.1) is 46.2 Å². The minimum atomic E-state index is -1.81. The fraction of sp³-hybridized carbons (Fsp3) is 0.506. The van der Waals surface area contributed by atoms with E-state index in [0.717, 1.165) is 5.56 Å². The van der Waals surface area contributed by atoms with Gasteiger partial charge in [-0.1, -0.05) is 36.8 Å². The molecule has 7 amide bonds. The molecule has 3 aromatic carbocycles. The van der Waals surface area contributed by atoms with Gasteiger partial charge in [0.15, 0.2) is 5.82 Å². The van der Waals surface area contributed by atoms with Crippen LogP contribution in [0, 0.1) is 42.3 Å². The number of hydrogen-bond donors (Lipinski definition) is 19. The van der Waals surface area contributed by atoms with Crippen LogP contribution in [0.5, 0.6) is 0 Å². The second kappa shape index (κ2) is 72.0. The Labute approximate surface area is 855 Å². The number of unbranched alkanes of at least 4 members (excludes halogenated alkanes) is 2. The van der Waals surface area contributed by atoms with Gasteiger partial charge < -0.3 is 99.8 Å². The number of nitrogen functional groups attached to an aromatic ring is 1. The number of aliphatic carboxylic acids is 10. The highest BCUT2D eigenvalue weighted by molar-refractivity contribution is 7.60. The number of Topliss-reactive ketones (excluding diaryl/α,β-unsaturated/α-hetero) is 5. The summed E-state index contributed by atoms with van der Waals surface area (Å²) in [4.78, 5) is 273. The van der Waals surface area contributed by atoms with Crippen molar-refractivity contribution in [2.24, 2.45) is 35.3 Å². The average Bonchev–Trinajstić information content (AvgIpc) is 1.63. The third-order valence-corrected chi connectivity index (χ3v) is 20.5. The zero-order chi connectivity index (χ0) is 94.9. The highest BCUT2D eigenvalue weighted by Crippen LogP contribution is 2.34. The molecule has 1 heterocycles. The van der Waals surface area contributed by atoms with Crippen molar-refractivity contribution in [3.05, 3.63) is 72.0 Å². The number of carboxylic acid groups (broad SMARTS) is 10. The lowest BCUT2D eigenvalue weighted by molar-refractivity contribution is -0.146. The van der Waals surface area contributed by atoms with Gasteiger partial charge in [0.25, 0.3) is 0 Å². The Kier molecular flexibility index (Phi) is 73.4. The average molecular weight is 2130 g/mol. The molecule has 0 saturated carbocycles. The first-order valence-corrected chi connectivity index (χ1v) is 40.6. The van der Waals surface area contributed by atoms with Crippen LogP contribution in [0.3, 0.4) is 0 Å². The summed E-state index contributed by atoms with van der Waals surface area (Å²) in [5.41, 5.74) is 15.5. The molecule has 0 bridgehead atoms. The third kappa shape index (κ3) is 53.4. The number of ketones is 5. The van der Waals surface area contributed by atoms with E-state index in [1.165, 1.54) is 16.8 Å². The van der Waals surface area contributed by atoms with Crippen LogP contribution in [0.15, 0.2) is 60.7 Å². The molecule has 772 valence electrons. The Balaban J connectivity index is -0.00000338. The molecule has 1 aromatic heterocycles. The van der Waals surface area contributed by atoms with E-state index < -0.39 is 331 Å². The zero-order valence-corrected chi connectivity index (χ0v) is 84.3. The molecule has 0 unspecified atom stereocenters. The zero-order valence-electron chi connectivity index (χ0n) is 74.3. The van der Waals surface area contributed by atoms with Crippen molar-refractivity contribution < 1.29 is 161 Å². The molecule has 54 heteroatoms. The summed E-state index contributed by atoms with van der Waals surface area (Å²) >= 11 is 0. The van der Waals surface area contributed by atoms with Gasteiger partial charge in [-0.2, -0.15) is 140 Å². The summed E-state index contributed by atoms with van der Waals surface area (Å²) in [5, 5.41) is 118. The van der Waals surface area contributed by atoms with E-state index in [1.54, 1.807) is 55.5 Å². The molecule has 10 atom stereocenters. The molecule has 4 aromatic rings. The second-order valence-corrected chi connectivity index (χ2v) is 30.7. The summed E-state index contributed by atoms with van der Waals surface area (Å²) in [5.74, 6) is -32.4. The number of amides is 7. The van der Waals surface area contributed by atoms with E-state index in [4.69, 9.17) is 16.6 Å². The van der Waals surface area contributed by atoms with Crippen molar-refractivity contribution in [2.45, 2.75) is 230 Å². The number of nitrogens with one attached hydrogen (secondary N) is 7. The Morgan fingerprint density at radius 2 is 0.715 bits per heavy atom. The summed E-state index contributed by atoms with van der Waals surface area (Å²) in [6.45, 7) is 2.00. The lowest BCUT2D eigenvalue weighted by atomic mass is 9.93. The van der Waals surface area contributed by atoms with Gasteiger partial charge in [-0.3, -0.25) is 81.5 Å². The maximum atomic E-state index is 14.2. The number of urea groups is 1. The third-order valence-electron chi connectivity index (χ3n) is 20.5. The van der Waals surface area contributed by atoms with Gasteiger partial charge in [-0.15, -0.1) is 5.10 Å². The van der Waals surface area contributed by atoms with E-state index >= 15 is 0 Å². The van der Waals surface area contributed by atoms with E-state index in [9.17, 15) is 156 Å². The van der Waals surface area contributed by atoms with E-state index in [1.807, 2.05) is 0 Å². The smallest absolute Gasteiger partial charge is 0.326 e. The van der Waals surface area contributed by atoms with Gasteiger partial charge in [0.2, 0.25) is 35.4 Å². The molecule has 137 heavy (non-hydrogen) atoms. The van der Waals surface area contributed by atoms with Crippen LogP contribution in [-0.4, -0.2) is 228 Å². The number of nitrogens with two attached hydrogens (primary N) is 2. The van der Waals surface area contributed by atoms with Gasteiger partial charge in [0.1, 0.15) is 58.9 Å². The molecule has 0 aliphatic carbocycles. The Morgan fingerprint density at radius 3 is 1.05 bits per heavy atom. The predicted molar refractivity (Wildman–Crippen MR) is 544 cm³/mol. The van der Waals surface area contributed by atoms with E-state index in [-0.39, 0.29) is 191 Å². The molecule has 0 aliphatic heterocycles. The van der Waals surface area contributed by atoms with E-state index in [0.29, 0.717) is 47.0 Å². The van der Waals surface area contributed by atoms with Crippen molar-refractivity contribution >= 4 is 293 Å². The van der Waals surface area contributed by atoms with Crippen LogP contribution in [0.4, 0.5) is 26.4 Å². The number of nitrogens with zero attached hydrogens (tertiary/aromatic N) is 2. The quantitative estimate of drug-likeness (QED) is 0.0225. The fourth-order valence-corrected chi connectivity index (χ4v) is 13.3. The molecule has 0 fully saturated rings. The number of anilines is 3. The molecule has 43 nitrogen and oxygen atoms in total. The molecule has 21 N–H and O–H groups in total. The number of aryl methyl sites for hydroxylation is 1. The molecular weight excluding hydrogens is 2000 g/mol. The van der Waals surface area contributed by atoms with Crippen LogP contribution in [0.25, 0.3) is 22.0 Å². The topological polar surface area (TPSA) is 732 Å². The number of rotatable bonds is 64. The minimum Gasteiger partial charge on any atom is -0.481 e. The largest absolute Gasteiger partial charge is 0.481 e. The molecule has 0 radical (unpaired) electrons. The Hall–Kier alpha value is -10.3. The molecular formula is C83H126FN11O32S10. The van der Waals surface area contributed by atoms with Crippen LogP contribution in [0.1, 0.15) is 203 Å². The number of carbonyl (C=O) groups is 22. The number of fused-ring (bicyclic) bond motifs is 1.